The fourth-order valence-electron chi connectivity index (χ4n) is 1.91. The van der Waals surface area contributed by atoms with Gasteiger partial charge in [0.25, 0.3) is 11.8 Å². The van der Waals surface area contributed by atoms with E-state index in [9.17, 15) is 9.59 Å². The molecule has 6 heteroatoms. The molecule has 20 heavy (non-hydrogen) atoms. The standard InChI is InChI=1S/C14H19N3O3/c1-9(15)4-5-16-13(18)10-2-3-12-11(8-10)14(19)17-6-7-20-12/h2-3,8-9H,4-7,15H2,1H3,(H,16,18)(H,17,19). The lowest BCUT2D eigenvalue weighted by Gasteiger charge is -2.09. The van der Waals surface area contributed by atoms with Crippen molar-refractivity contribution >= 4 is 11.8 Å². The maximum atomic E-state index is 12.0. The molecule has 0 bridgehead atoms. The van der Waals surface area contributed by atoms with Crippen molar-refractivity contribution in [3.05, 3.63) is 29.3 Å². The molecule has 1 heterocycles. The Hall–Kier alpha value is -2.08. The number of hydrogen-bond donors (Lipinski definition) is 3. The highest BCUT2D eigenvalue weighted by Crippen LogP contribution is 2.21. The SMILES string of the molecule is CC(N)CCNC(=O)c1ccc2c(c1)C(=O)NCCO2. The van der Waals surface area contributed by atoms with Gasteiger partial charge in [-0.15, -0.1) is 0 Å². The summed E-state index contributed by atoms with van der Waals surface area (Å²) in [6, 6.07) is 4.90. The van der Waals surface area contributed by atoms with Crippen molar-refractivity contribution in [1.82, 2.24) is 10.6 Å². The van der Waals surface area contributed by atoms with Gasteiger partial charge in [-0.05, 0) is 31.5 Å². The average Bonchev–Trinajstić information content (AvgIpc) is 2.60. The fraction of sp³-hybridized carbons (Fsp3) is 0.429. The van der Waals surface area contributed by atoms with Crippen molar-refractivity contribution in [3.63, 3.8) is 0 Å². The lowest BCUT2D eigenvalue weighted by molar-refractivity contribution is 0.0952. The van der Waals surface area contributed by atoms with Crippen LogP contribution in [0.5, 0.6) is 5.75 Å². The summed E-state index contributed by atoms with van der Waals surface area (Å²) in [7, 11) is 0. The Morgan fingerprint density at radius 3 is 3.10 bits per heavy atom. The Bertz CT molecular complexity index is 514. The highest BCUT2D eigenvalue weighted by atomic mass is 16.5. The molecule has 6 nitrogen and oxygen atoms in total. The summed E-state index contributed by atoms with van der Waals surface area (Å²) in [5.74, 6) is 0.0698. The quantitative estimate of drug-likeness (QED) is 0.736. The number of nitrogens with two attached hydrogens (primary N) is 1. The largest absolute Gasteiger partial charge is 0.491 e. The van der Waals surface area contributed by atoms with Crippen LogP contribution >= 0.6 is 0 Å². The van der Waals surface area contributed by atoms with E-state index in [1.165, 1.54) is 0 Å². The van der Waals surface area contributed by atoms with Gasteiger partial charge in [0.05, 0.1) is 12.1 Å². The maximum Gasteiger partial charge on any atom is 0.255 e. The average molecular weight is 277 g/mol. The first-order valence-corrected chi connectivity index (χ1v) is 6.67. The molecule has 0 fully saturated rings. The highest BCUT2D eigenvalue weighted by Gasteiger charge is 2.18. The second kappa shape index (κ2) is 6.38. The minimum atomic E-state index is -0.220. The molecule has 2 rings (SSSR count). The van der Waals surface area contributed by atoms with Gasteiger partial charge < -0.3 is 21.1 Å². The van der Waals surface area contributed by atoms with Gasteiger partial charge in [0.1, 0.15) is 12.4 Å². The minimum Gasteiger partial charge on any atom is -0.491 e. The Kier molecular flexibility index (Phi) is 4.57. The van der Waals surface area contributed by atoms with Crippen LogP contribution in [-0.4, -0.2) is 37.6 Å². The molecule has 0 radical (unpaired) electrons. The van der Waals surface area contributed by atoms with Crippen LogP contribution in [0.25, 0.3) is 0 Å². The van der Waals surface area contributed by atoms with Crippen LogP contribution in [0.15, 0.2) is 18.2 Å². The molecule has 0 spiro atoms. The summed E-state index contributed by atoms with van der Waals surface area (Å²) in [6.45, 7) is 3.29. The van der Waals surface area contributed by atoms with E-state index >= 15 is 0 Å². The van der Waals surface area contributed by atoms with Crippen LogP contribution in [0.1, 0.15) is 34.1 Å². The molecule has 1 aliphatic heterocycles. The van der Waals surface area contributed by atoms with Crippen molar-refractivity contribution < 1.29 is 14.3 Å². The molecule has 108 valence electrons. The Labute approximate surface area is 117 Å². The van der Waals surface area contributed by atoms with E-state index in [-0.39, 0.29) is 17.9 Å². The first-order chi connectivity index (χ1) is 9.58. The zero-order chi connectivity index (χ0) is 14.5. The molecule has 1 unspecified atom stereocenters. The van der Waals surface area contributed by atoms with Crippen molar-refractivity contribution in [3.8, 4) is 5.75 Å². The zero-order valence-electron chi connectivity index (χ0n) is 11.4. The first-order valence-electron chi connectivity index (χ1n) is 6.67. The van der Waals surface area contributed by atoms with E-state index in [1.807, 2.05) is 6.92 Å². The third-order valence-electron chi connectivity index (χ3n) is 3.02. The monoisotopic (exact) mass is 277 g/mol. The highest BCUT2D eigenvalue weighted by molar-refractivity contribution is 6.01. The Morgan fingerprint density at radius 2 is 2.35 bits per heavy atom. The van der Waals surface area contributed by atoms with Gasteiger partial charge in [-0.25, -0.2) is 0 Å². The second-order valence-electron chi connectivity index (χ2n) is 4.84. The molecule has 1 aromatic carbocycles. The van der Waals surface area contributed by atoms with Crippen LogP contribution in [0.3, 0.4) is 0 Å². The lowest BCUT2D eigenvalue weighted by atomic mass is 10.1. The van der Waals surface area contributed by atoms with E-state index < -0.39 is 0 Å². The zero-order valence-corrected chi connectivity index (χ0v) is 11.4. The molecule has 0 saturated carbocycles. The number of hydrogen-bond acceptors (Lipinski definition) is 4. The molecule has 1 atom stereocenters. The van der Waals surface area contributed by atoms with E-state index in [4.69, 9.17) is 10.5 Å². The second-order valence-corrected chi connectivity index (χ2v) is 4.84. The fourth-order valence-corrected chi connectivity index (χ4v) is 1.91. The van der Waals surface area contributed by atoms with E-state index in [0.29, 0.717) is 43.0 Å². The van der Waals surface area contributed by atoms with Gasteiger partial charge in [-0.2, -0.15) is 0 Å². The van der Waals surface area contributed by atoms with Gasteiger partial charge >= 0.3 is 0 Å². The summed E-state index contributed by atoms with van der Waals surface area (Å²) in [6.07, 6.45) is 0.709. The third-order valence-corrected chi connectivity index (χ3v) is 3.02. The molecule has 1 aromatic rings. The van der Waals surface area contributed by atoms with Crippen molar-refractivity contribution in [1.29, 1.82) is 0 Å². The van der Waals surface area contributed by atoms with Gasteiger partial charge in [0, 0.05) is 18.2 Å². The normalized spacial score (nSPS) is 15.4. The summed E-state index contributed by atoms with van der Waals surface area (Å²) >= 11 is 0. The van der Waals surface area contributed by atoms with Crippen molar-refractivity contribution in [2.75, 3.05) is 19.7 Å². The van der Waals surface area contributed by atoms with Crippen LogP contribution in [-0.2, 0) is 0 Å². The molecule has 0 saturated heterocycles. The third kappa shape index (κ3) is 3.48. The first kappa shape index (κ1) is 14.3. The van der Waals surface area contributed by atoms with Crippen LogP contribution < -0.4 is 21.1 Å². The lowest BCUT2D eigenvalue weighted by Crippen LogP contribution is -2.29. The Morgan fingerprint density at radius 1 is 1.55 bits per heavy atom. The minimum absolute atomic E-state index is 0.0431. The predicted molar refractivity (Wildman–Crippen MR) is 74.9 cm³/mol. The van der Waals surface area contributed by atoms with Crippen molar-refractivity contribution in [2.24, 2.45) is 5.73 Å². The molecular formula is C14H19N3O3. The smallest absolute Gasteiger partial charge is 0.255 e. The summed E-state index contributed by atoms with van der Waals surface area (Å²) in [5.41, 5.74) is 6.45. The number of amides is 2. The predicted octanol–water partition coefficient (Wildman–Crippen LogP) is 0.276. The number of nitrogens with one attached hydrogen (secondary N) is 2. The molecule has 1 aliphatic rings. The molecule has 0 aliphatic carbocycles. The maximum absolute atomic E-state index is 12.0. The molecule has 4 N–H and O–H groups in total. The number of rotatable bonds is 4. The van der Waals surface area contributed by atoms with Gasteiger partial charge in [0.2, 0.25) is 0 Å². The van der Waals surface area contributed by atoms with E-state index in [1.54, 1.807) is 18.2 Å². The summed E-state index contributed by atoms with van der Waals surface area (Å²) < 4.78 is 5.43. The summed E-state index contributed by atoms with van der Waals surface area (Å²) in [4.78, 5) is 23.8. The van der Waals surface area contributed by atoms with E-state index in [2.05, 4.69) is 10.6 Å². The van der Waals surface area contributed by atoms with Crippen LogP contribution in [0.4, 0.5) is 0 Å². The number of carbonyl (C=O) groups is 2. The van der Waals surface area contributed by atoms with Crippen molar-refractivity contribution in [2.45, 2.75) is 19.4 Å². The Balaban J connectivity index is 2.09. The molecular weight excluding hydrogens is 258 g/mol. The van der Waals surface area contributed by atoms with Gasteiger partial charge in [0.15, 0.2) is 0 Å². The molecule has 2 amide bonds. The number of carbonyl (C=O) groups excluding carboxylic acids is 2. The molecule has 0 aromatic heterocycles. The number of ether oxygens (including phenoxy) is 1. The number of benzene rings is 1. The van der Waals surface area contributed by atoms with Crippen LogP contribution in [0.2, 0.25) is 0 Å². The number of fused-ring (bicyclic) bond motifs is 1. The summed E-state index contributed by atoms with van der Waals surface area (Å²) in [5, 5.41) is 5.49. The van der Waals surface area contributed by atoms with Gasteiger partial charge in [-0.1, -0.05) is 0 Å². The van der Waals surface area contributed by atoms with Crippen LogP contribution in [0, 0.1) is 0 Å². The topological polar surface area (TPSA) is 93.5 Å². The van der Waals surface area contributed by atoms with Gasteiger partial charge in [-0.3, -0.25) is 9.59 Å². The van der Waals surface area contributed by atoms with E-state index in [0.717, 1.165) is 0 Å².